The van der Waals surface area contributed by atoms with Gasteiger partial charge < -0.3 is 14.7 Å². The first-order valence-corrected chi connectivity index (χ1v) is 7.56. The molecule has 2 heterocycles. The van der Waals surface area contributed by atoms with Gasteiger partial charge in [-0.05, 0) is 31.2 Å². The van der Waals surface area contributed by atoms with Crippen molar-refractivity contribution in [2.24, 2.45) is 0 Å². The normalized spacial score (nSPS) is 22.0. The van der Waals surface area contributed by atoms with E-state index in [4.69, 9.17) is 16.3 Å². The number of amides is 1. The molecule has 0 saturated carbocycles. The summed E-state index contributed by atoms with van der Waals surface area (Å²) >= 11 is 6.18. The molecule has 1 aliphatic heterocycles. The van der Waals surface area contributed by atoms with Crippen LogP contribution in [0.1, 0.15) is 17.3 Å². The van der Waals surface area contributed by atoms with E-state index in [1.165, 1.54) is 0 Å². The van der Waals surface area contributed by atoms with Crippen LogP contribution in [-0.2, 0) is 4.74 Å². The smallest absolute Gasteiger partial charge is 0.256 e. The molecule has 1 saturated heterocycles. The molecule has 0 bridgehead atoms. The van der Waals surface area contributed by atoms with Gasteiger partial charge in [0.05, 0.1) is 41.5 Å². The van der Waals surface area contributed by atoms with Crippen LogP contribution in [0.5, 0.6) is 0 Å². The Hall–Kier alpha value is -1.69. The molecule has 22 heavy (non-hydrogen) atoms. The molecular formula is C16H17ClN2O3. The number of aliphatic hydroxyl groups is 1. The Morgan fingerprint density at radius 3 is 3.09 bits per heavy atom. The highest BCUT2D eigenvalue weighted by Gasteiger charge is 2.31. The molecule has 1 aromatic heterocycles. The number of halogens is 1. The van der Waals surface area contributed by atoms with Gasteiger partial charge >= 0.3 is 0 Å². The molecule has 1 fully saturated rings. The Labute approximate surface area is 133 Å². The van der Waals surface area contributed by atoms with Crippen LogP contribution in [0.3, 0.4) is 0 Å². The fourth-order valence-corrected chi connectivity index (χ4v) is 2.89. The monoisotopic (exact) mass is 320 g/mol. The summed E-state index contributed by atoms with van der Waals surface area (Å²) in [4.78, 5) is 18.9. The third-order valence-corrected chi connectivity index (χ3v) is 4.25. The van der Waals surface area contributed by atoms with Gasteiger partial charge in [0, 0.05) is 18.1 Å². The van der Waals surface area contributed by atoms with Crippen LogP contribution in [0.25, 0.3) is 10.9 Å². The number of nitrogens with zero attached hydrogens (tertiary/aromatic N) is 2. The van der Waals surface area contributed by atoms with Crippen molar-refractivity contribution < 1.29 is 14.6 Å². The van der Waals surface area contributed by atoms with E-state index >= 15 is 0 Å². The van der Waals surface area contributed by atoms with Gasteiger partial charge in [0.1, 0.15) is 0 Å². The average Bonchev–Trinajstić information content (AvgIpc) is 2.55. The number of morpholine rings is 1. The van der Waals surface area contributed by atoms with Crippen molar-refractivity contribution in [3.8, 4) is 0 Å². The number of aromatic nitrogens is 1. The number of carbonyl (C=O) groups excluding carboxylic acids is 1. The Morgan fingerprint density at radius 1 is 1.50 bits per heavy atom. The van der Waals surface area contributed by atoms with Crippen LogP contribution < -0.4 is 0 Å². The molecule has 2 atom stereocenters. The molecule has 2 unspecified atom stereocenters. The fraction of sp³-hybridized carbons (Fsp3) is 0.375. The van der Waals surface area contributed by atoms with E-state index in [9.17, 15) is 9.90 Å². The Kier molecular flexibility index (Phi) is 4.29. The first-order chi connectivity index (χ1) is 10.6. The zero-order valence-electron chi connectivity index (χ0n) is 12.2. The maximum Gasteiger partial charge on any atom is 0.256 e. The lowest BCUT2D eigenvalue weighted by Crippen LogP contribution is -2.52. The standard InChI is InChI=1S/C16H17ClN2O3/c1-10-9-22-11(8-20)7-19(10)16(21)13-4-5-14(17)12-3-2-6-18-15(12)13/h2-6,10-11,20H,7-9H2,1H3. The maximum atomic E-state index is 12.9. The van der Waals surface area contributed by atoms with E-state index in [-0.39, 0.29) is 24.7 Å². The van der Waals surface area contributed by atoms with Gasteiger partial charge in [0.25, 0.3) is 5.91 Å². The highest BCUT2D eigenvalue weighted by atomic mass is 35.5. The highest BCUT2D eigenvalue weighted by Crippen LogP contribution is 2.26. The molecule has 0 radical (unpaired) electrons. The molecule has 1 N–H and O–H groups in total. The number of hydrogen-bond acceptors (Lipinski definition) is 4. The zero-order valence-corrected chi connectivity index (χ0v) is 13.0. The minimum atomic E-state index is -0.341. The predicted octanol–water partition coefficient (Wildman–Crippen LogP) is 2.11. The summed E-state index contributed by atoms with van der Waals surface area (Å²) in [5, 5.41) is 10.6. The lowest BCUT2D eigenvalue weighted by molar-refractivity contribution is -0.0667. The average molecular weight is 321 g/mol. The lowest BCUT2D eigenvalue weighted by atomic mass is 10.1. The van der Waals surface area contributed by atoms with E-state index in [1.807, 2.05) is 13.0 Å². The van der Waals surface area contributed by atoms with Gasteiger partial charge in [0.2, 0.25) is 0 Å². The maximum absolute atomic E-state index is 12.9. The first kappa shape index (κ1) is 15.2. The molecule has 116 valence electrons. The first-order valence-electron chi connectivity index (χ1n) is 7.18. The van der Waals surface area contributed by atoms with Crippen LogP contribution in [0.2, 0.25) is 5.02 Å². The quantitative estimate of drug-likeness (QED) is 0.920. The second-order valence-electron chi connectivity index (χ2n) is 5.44. The Morgan fingerprint density at radius 2 is 2.32 bits per heavy atom. The number of benzene rings is 1. The summed E-state index contributed by atoms with van der Waals surface area (Å²) in [7, 11) is 0. The van der Waals surface area contributed by atoms with Crippen LogP contribution in [0.15, 0.2) is 30.5 Å². The molecular weight excluding hydrogens is 304 g/mol. The largest absolute Gasteiger partial charge is 0.394 e. The van der Waals surface area contributed by atoms with E-state index in [2.05, 4.69) is 4.98 Å². The Balaban J connectivity index is 2.00. The van der Waals surface area contributed by atoms with Gasteiger partial charge in [0.15, 0.2) is 0 Å². The number of rotatable bonds is 2. The molecule has 2 aromatic rings. The fourth-order valence-electron chi connectivity index (χ4n) is 2.68. The highest BCUT2D eigenvalue weighted by molar-refractivity contribution is 6.36. The number of pyridine rings is 1. The number of hydrogen-bond donors (Lipinski definition) is 1. The summed E-state index contributed by atoms with van der Waals surface area (Å²) in [6, 6.07) is 7.01. The lowest BCUT2D eigenvalue weighted by Gasteiger charge is -2.37. The number of fused-ring (bicyclic) bond motifs is 1. The summed E-state index contributed by atoms with van der Waals surface area (Å²) in [6.07, 6.45) is 1.31. The predicted molar refractivity (Wildman–Crippen MR) is 84.1 cm³/mol. The number of aliphatic hydroxyl groups excluding tert-OH is 1. The van der Waals surface area contributed by atoms with Crippen molar-refractivity contribution in [3.63, 3.8) is 0 Å². The van der Waals surface area contributed by atoms with Crippen LogP contribution in [0, 0.1) is 0 Å². The molecule has 3 rings (SSSR count). The minimum Gasteiger partial charge on any atom is -0.394 e. The third-order valence-electron chi connectivity index (χ3n) is 3.92. The summed E-state index contributed by atoms with van der Waals surface area (Å²) in [5.41, 5.74) is 1.12. The van der Waals surface area contributed by atoms with Crippen LogP contribution >= 0.6 is 11.6 Å². The molecule has 0 spiro atoms. The second-order valence-corrected chi connectivity index (χ2v) is 5.85. The SMILES string of the molecule is CC1COC(CO)CN1C(=O)c1ccc(Cl)c2cccnc12. The van der Waals surface area contributed by atoms with Crippen molar-refractivity contribution in [1.29, 1.82) is 0 Å². The summed E-state index contributed by atoms with van der Waals surface area (Å²) in [6.45, 7) is 2.61. The van der Waals surface area contributed by atoms with Crippen molar-refractivity contribution in [2.45, 2.75) is 19.1 Å². The van der Waals surface area contributed by atoms with Crippen molar-refractivity contribution in [3.05, 3.63) is 41.0 Å². The topological polar surface area (TPSA) is 62.7 Å². The van der Waals surface area contributed by atoms with Crippen molar-refractivity contribution in [1.82, 2.24) is 9.88 Å². The van der Waals surface area contributed by atoms with E-state index < -0.39 is 0 Å². The zero-order chi connectivity index (χ0) is 15.7. The minimum absolute atomic E-state index is 0.0512. The summed E-state index contributed by atoms with van der Waals surface area (Å²) < 4.78 is 5.48. The number of ether oxygens (including phenoxy) is 1. The number of carbonyl (C=O) groups is 1. The van der Waals surface area contributed by atoms with Crippen LogP contribution in [-0.4, -0.2) is 52.8 Å². The van der Waals surface area contributed by atoms with Gasteiger partial charge in [-0.15, -0.1) is 0 Å². The molecule has 5 nitrogen and oxygen atoms in total. The Bertz CT molecular complexity index is 707. The van der Waals surface area contributed by atoms with E-state index in [0.29, 0.717) is 29.3 Å². The van der Waals surface area contributed by atoms with Crippen molar-refractivity contribution in [2.75, 3.05) is 19.8 Å². The molecule has 6 heteroatoms. The van der Waals surface area contributed by atoms with E-state index in [0.717, 1.165) is 5.39 Å². The van der Waals surface area contributed by atoms with Gasteiger partial charge in [-0.1, -0.05) is 11.6 Å². The summed E-state index contributed by atoms with van der Waals surface area (Å²) in [5.74, 6) is -0.116. The molecule has 0 aliphatic carbocycles. The third kappa shape index (κ3) is 2.67. The second kappa shape index (κ2) is 6.20. The van der Waals surface area contributed by atoms with Crippen LogP contribution in [0.4, 0.5) is 0 Å². The van der Waals surface area contributed by atoms with E-state index in [1.54, 1.807) is 29.3 Å². The van der Waals surface area contributed by atoms with Crippen molar-refractivity contribution >= 4 is 28.4 Å². The molecule has 1 aromatic carbocycles. The molecule has 1 aliphatic rings. The molecule has 1 amide bonds. The van der Waals surface area contributed by atoms with Gasteiger partial charge in [-0.2, -0.15) is 0 Å². The van der Waals surface area contributed by atoms with Gasteiger partial charge in [-0.25, -0.2) is 0 Å². The van der Waals surface area contributed by atoms with Gasteiger partial charge in [-0.3, -0.25) is 9.78 Å².